The molecule has 0 aliphatic heterocycles. The van der Waals surface area contributed by atoms with Crippen molar-refractivity contribution in [2.45, 2.75) is 6.61 Å². The van der Waals surface area contributed by atoms with Crippen LogP contribution in [0.5, 0.6) is 0 Å². The quantitative estimate of drug-likeness (QED) is 0.587. The Labute approximate surface area is 52.9 Å². The lowest BCUT2D eigenvalue weighted by molar-refractivity contribution is 0.185. The first kappa shape index (κ1) is 5.79. The molecule has 0 aliphatic rings. The van der Waals surface area contributed by atoms with Crippen LogP contribution in [0.3, 0.4) is 0 Å². The minimum absolute atomic E-state index is 0.684. The summed E-state index contributed by atoms with van der Waals surface area (Å²) in [5.41, 5.74) is 1.14. The van der Waals surface area contributed by atoms with Crippen LogP contribution in [0.15, 0.2) is 10.8 Å². The summed E-state index contributed by atoms with van der Waals surface area (Å²) < 4.78 is 4.86. The lowest BCUT2D eigenvalue weighted by atomic mass is 10.4. The van der Waals surface area contributed by atoms with Crippen molar-refractivity contribution < 1.29 is 4.74 Å². The lowest BCUT2D eigenvalue weighted by Gasteiger charge is -1.88. The van der Waals surface area contributed by atoms with Crippen LogP contribution in [0, 0.1) is 6.07 Å². The molecule has 1 rings (SSSR count). The monoisotopic (exact) mass is 127 g/mol. The number of methoxy groups -OCH3 is 1. The molecular formula is C6H7OS. The van der Waals surface area contributed by atoms with Gasteiger partial charge in [0.1, 0.15) is 0 Å². The molecule has 2 heteroatoms. The molecule has 1 heterocycles. The predicted octanol–water partition coefficient (Wildman–Crippen LogP) is 1.69. The van der Waals surface area contributed by atoms with Crippen LogP contribution in [-0.2, 0) is 11.3 Å². The molecule has 0 aromatic carbocycles. The van der Waals surface area contributed by atoms with Gasteiger partial charge in [-0.05, 0) is 22.4 Å². The van der Waals surface area contributed by atoms with Crippen LogP contribution in [0.1, 0.15) is 5.56 Å². The van der Waals surface area contributed by atoms with Gasteiger partial charge < -0.3 is 4.74 Å². The van der Waals surface area contributed by atoms with E-state index in [4.69, 9.17) is 4.74 Å². The van der Waals surface area contributed by atoms with Crippen molar-refractivity contribution >= 4 is 11.3 Å². The molecule has 0 N–H and O–H groups in total. The molecule has 0 spiro atoms. The van der Waals surface area contributed by atoms with Gasteiger partial charge in [0.05, 0.1) is 6.61 Å². The van der Waals surface area contributed by atoms with Crippen LogP contribution in [0.4, 0.5) is 0 Å². The fraction of sp³-hybridized carbons (Fsp3) is 0.333. The van der Waals surface area contributed by atoms with Crippen molar-refractivity contribution in [3.8, 4) is 0 Å². The zero-order valence-corrected chi connectivity index (χ0v) is 5.49. The lowest BCUT2D eigenvalue weighted by Crippen LogP contribution is -1.81. The summed E-state index contributed by atoms with van der Waals surface area (Å²) in [5.74, 6) is 0. The van der Waals surface area contributed by atoms with Crippen molar-refractivity contribution in [2.24, 2.45) is 0 Å². The topological polar surface area (TPSA) is 9.23 Å². The van der Waals surface area contributed by atoms with Crippen molar-refractivity contribution in [1.82, 2.24) is 0 Å². The first-order chi connectivity index (χ1) is 3.93. The Morgan fingerprint density at radius 2 is 2.75 bits per heavy atom. The number of hydrogen-bond donors (Lipinski definition) is 0. The molecule has 0 fully saturated rings. The van der Waals surface area contributed by atoms with E-state index in [0.717, 1.165) is 5.56 Å². The van der Waals surface area contributed by atoms with E-state index >= 15 is 0 Å². The summed E-state index contributed by atoms with van der Waals surface area (Å²) in [7, 11) is 1.69. The zero-order valence-electron chi connectivity index (χ0n) is 4.68. The van der Waals surface area contributed by atoms with E-state index in [0.29, 0.717) is 6.61 Å². The van der Waals surface area contributed by atoms with Gasteiger partial charge in [0.2, 0.25) is 0 Å². The molecule has 1 aromatic heterocycles. The highest BCUT2D eigenvalue weighted by Crippen LogP contribution is 2.04. The highest BCUT2D eigenvalue weighted by molar-refractivity contribution is 7.07. The minimum Gasteiger partial charge on any atom is -0.380 e. The summed E-state index contributed by atoms with van der Waals surface area (Å²) in [6, 6.07) is 3.03. The largest absolute Gasteiger partial charge is 0.380 e. The Balaban J connectivity index is 2.50. The average molecular weight is 127 g/mol. The van der Waals surface area contributed by atoms with E-state index in [1.807, 2.05) is 10.8 Å². The molecule has 43 valence electrons. The molecule has 1 nitrogen and oxygen atoms in total. The van der Waals surface area contributed by atoms with Gasteiger partial charge in [-0.2, -0.15) is 11.3 Å². The highest BCUT2D eigenvalue weighted by atomic mass is 32.1. The molecule has 0 bridgehead atoms. The molecule has 1 radical (unpaired) electrons. The van der Waals surface area contributed by atoms with E-state index in [1.165, 1.54) is 0 Å². The normalized spacial score (nSPS) is 9.62. The van der Waals surface area contributed by atoms with E-state index in [2.05, 4.69) is 6.07 Å². The second-order valence-corrected chi connectivity index (χ2v) is 2.22. The molecule has 8 heavy (non-hydrogen) atoms. The number of rotatable bonds is 2. The first-order valence-corrected chi connectivity index (χ1v) is 3.29. The fourth-order valence-electron chi connectivity index (χ4n) is 0.491. The van der Waals surface area contributed by atoms with Crippen LogP contribution in [-0.4, -0.2) is 7.11 Å². The molecule has 1 aromatic rings. The summed E-state index contributed by atoms with van der Waals surface area (Å²) >= 11 is 1.64. The van der Waals surface area contributed by atoms with Gasteiger partial charge in [-0.3, -0.25) is 0 Å². The third-order valence-electron chi connectivity index (χ3n) is 0.823. The van der Waals surface area contributed by atoms with Gasteiger partial charge in [-0.1, -0.05) is 0 Å². The third kappa shape index (κ3) is 1.32. The van der Waals surface area contributed by atoms with Crippen LogP contribution >= 0.6 is 11.3 Å². The predicted molar refractivity (Wildman–Crippen MR) is 33.9 cm³/mol. The zero-order chi connectivity index (χ0) is 5.82. The van der Waals surface area contributed by atoms with Gasteiger partial charge >= 0.3 is 0 Å². The molecule has 0 atom stereocenters. The standard InChI is InChI=1S/C6H7OS/c1-7-4-6-2-3-8-5-6/h3,5H,4H2,1H3. The smallest absolute Gasteiger partial charge is 0.0727 e. The van der Waals surface area contributed by atoms with Crippen molar-refractivity contribution in [1.29, 1.82) is 0 Å². The Kier molecular flexibility index (Phi) is 2.06. The van der Waals surface area contributed by atoms with E-state index in [-0.39, 0.29) is 0 Å². The van der Waals surface area contributed by atoms with Crippen molar-refractivity contribution in [3.05, 3.63) is 22.4 Å². The van der Waals surface area contributed by atoms with Crippen molar-refractivity contribution in [2.75, 3.05) is 7.11 Å². The Bertz CT molecular complexity index is 134. The second-order valence-electron chi connectivity index (χ2n) is 1.47. The van der Waals surface area contributed by atoms with E-state index < -0.39 is 0 Å². The van der Waals surface area contributed by atoms with Crippen LogP contribution in [0.2, 0.25) is 0 Å². The third-order valence-corrected chi connectivity index (χ3v) is 1.50. The molecule has 0 unspecified atom stereocenters. The second kappa shape index (κ2) is 2.84. The van der Waals surface area contributed by atoms with E-state index in [9.17, 15) is 0 Å². The summed E-state index contributed by atoms with van der Waals surface area (Å²) in [6.07, 6.45) is 0. The SMILES string of the molecule is COCc1[c]csc1. The van der Waals surface area contributed by atoms with Crippen LogP contribution < -0.4 is 0 Å². The minimum atomic E-state index is 0.684. The Morgan fingerprint density at radius 3 is 3.25 bits per heavy atom. The molecule has 0 amide bonds. The number of ether oxygens (including phenoxy) is 1. The van der Waals surface area contributed by atoms with Crippen molar-refractivity contribution in [3.63, 3.8) is 0 Å². The van der Waals surface area contributed by atoms with Gasteiger partial charge in [0.25, 0.3) is 0 Å². The number of thiophene rings is 1. The maximum Gasteiger partial charge on any atom is 0.0727 e. The Morgan fingerprint density at radius 1 is 1.88 bits per heavy atom. The summed E-state index contributed by atoms with van der Waals surface area (Å²) in [6.45, 7) is 0.684. The van der Waals surface area contributed by atoms with E-state index in [1.54, 1.807) is 18.4 Å². The maximum absolute atomic E-state index is 4.86. The summed E-state index contributed by atoms with van der Waals surface area (Å²) in [5, 5.41) is 3.96. The van der Waals surface area contributed by atoms with Gasteiger partial charge in [-0.15, -0.1) is 0 Å². The molecule has 0 saturated heterocycles. The number of hydrogen-bond acceptors (Lipinski definition) is 2. The molecule has 0 saturated carbocycles. The fourth-order valence-corrected chi connectivity index (χ4v) is 1.08. The first-order valence-electron chi connectivity index (χ1n) is 2.35. The van der Waals surface area contributed by atoms with Gasteiger partial charge in [-0.25, -0.2) is 0 Å². The molecule has 0 aliphatic carbocycles. The maximum atomic E-state index is 4.86. The average Bonchev–Trinajstić information content (AvgIpc) is 2.19. The van der Waals surface area contributed by atoms with Gasteiger partial charge in [0.15, 0.2) is 0 Å². The summed E-state index contributed by atoms with van der Waals surface area (Å²) in [4.78, 5) is 0. The highest BCUT2D eigenvalue weighted by Gasteiger charge is 1.87. The van der Waals surface area contributed by atoms with Crippen LogP contribution in [0.25, 0.3) is 0 Å². The van der Waals surface area contributed by atoms with Gasteiger partial charge in [0, 0.05) is 7.11 Å². The Hall–Kier alpha value is -0.340. The molecular weight excluding hydrogens is 120 g/mol.